The van der Waals surface area contributed by atoms with E-state index in [0.29, 0.717) is 19.4 Å². The molecule has 92 heavy (non-hydrogen) atoms. The van der Waals surface area contributed by atoms with Crippen molar-refractivity contribution in [3.8, 4) is 0 Å². The lowest BCUT2D eigenvalue weighted by Gasteiger charge is -2.20. The Morgan fingerprint density at radius 3 is 0.848 bits per heavy atom. The SMILES string of the molecule is CCCCC/C=C\C/C=C\CCCCCCCC(=O)OCCCCCCCCCCCCCCCCCCCCCCCCCCCCCCCCCCCCCCCCCC(=O)NC(CO)C(O)/C=C/CCCCCCCCCCCCCCCCCCCCC. The Morgan fingerprint density at radius 2 is 0.543 bits per heavy atom. The monoisotopic (exact) mass is 1290 g/mol. The maximum absolute atomic E-state index is 12.6. The largest absolute Gasteiger partial charge is 0.466 e. The molecule has 1 amide bonds. The lowest BCUT2D eigenvalue weighted by atomic mass is 10.0. The quantitative estimate of drug-likeness (QED) is 0.0320. The Labute approximate surface area is 576 Å². The standard InChI is InChI=1S/C86H165NO5/c1-3-5-7-9-11-13-15-17-19-20-21-41-44-47-51-54-58-62-66-70-74-78-84(89)83(82-88)87-85(90)79-75-71-67-63-59-55-52-48-45-42-39-37-35-33-31-29-27-25-23-22-24-26-28-30-32-34-36-38-40-43-46-49-53-57-61-65-69-73-77-81-92-86(91)80-76-72-68-64-60-56-50-18-16-14-12-10-8-6-4-2/h12,14,18,50,74,78,83-84,88-89H,3-11,13,15-17,19-49,51-73,75-77,79-82H2,1-2H3,(H,87,90)/b14-12-,50-18-,78-74+. The number of carbonyl (C=O) groups is 2. The minimum absolute atomic E-state index is 0.0105. The average molecular weight is 1290 g/mol. The molecular formula is C86H165NO5. The van der Waals surface area contributed by atoms with E-state index >= 15 is 0 Å². The van der Waals surface area contributed by atoms with Crippen LogP contribution >= 0.6 is 0 Å². The molecule has 0 aromatic rings. The minimum atomic E-state index is -0.841. The summed E-state index contributed by atoms with van der Waals surface area (Å²) in [5.41, 5.74) is 0. The van der Waals surface area contributed by atoms with Crippen LogP contribution in [0.1, 0.15) is 476 Å². The Balaban J connectivity index is 3.32. The smallest absolute Gasteiger partial charge is 0.305 e. The predicted octanol–water partition coefficient (Wildman–Crippen LogP) is 28.2. The van der Waals surface area contributed by atoms with Gasteiger partial charge >= 0.3 is 5.97 Å². The number of unbranched alkanes of at least 4 members (excludes halogenated alkanes) is 65. The van der Waals surface area contributed by atoms with Crippen LogP contribution in [0.3, 0.4) is 0 Å². The van der Waals surface area contributed by atoms with Gasteiger partial charge in [0.05, 0.1) is 25.4 Å². The lowest BCUT2D eigenvalue weighted by Crippen LogP contribution is -2.45. The Hall–Kier alpha value is -1.92. The first-order valence-electron chi connectivity index (χ1n) is 42.3. The third-order valence-electron chi connectivity index (χ3n) is 19.9. The third kappa shape index (κ3) is 77.1. The van der Waals surface area contributed by atoms with Gasteiger partial charge < -0.3 is 20.3 Å². The molecule has 0 saturated heterocycles. The molecule has 0 bridgehead atoms. The highest BCUT2D eigenvalue weighted by Crippen LogP contribution is 2.21. The third-order valence-corrected chi connectivity index (χ3v) is 19.9. The van der Waals surface area contributed by atoms with Crippen molar-refractivity contribution in [2.24, 2.45) is 0 Å². The fourth-order valence-electron chi connectivity index (χ4n) is 13.5. The van der Waals surface area contributed by atoms with Gasteiger partial charge in [-0.15, -0.1) is 0 Å². The topological polar surface area (TPSA) is 95.9 Å². The maximum atomic E-state index is 12.6. The number of hydrogen-bond acceptors (Lipinski definition) is 5. The van der Waals surface area contributed by atoms with Gasteiger partial charge in [-0.25, -0.2) is 0 Å². The number of amides is 1. The van der Waals surface area contributed by atoms with Crippen molar-refractivity contribution in [1.29, 1.82) is 0 Å². The van der Waals surface area contributed by atoms with Gasteiger partial charge in [-0.05, 0) is 64.2 Å². The summed E-state index contributed by atoms with van der Waals surface area (Å²) in [6.45, 7) is 4.92. The van der Waals surface area contributed by atoms with E-state index in [1.165, 1.54) is 398 Å². The molecule has 0 rings (SSSR count). The van der Waals surface area contributed by atoms with E-state index in [0.717, 1.165) is 51.4 Å². The van der Waals surface area contributed by atoms with Gasteiger partial charge in [-0.3, -0.25) is 9.59 Å². The molecule has 0 aliphatic carbocycles. The van der Waals surface area contributed by atoms with Gasteiger partial charge in [0, 0.05) is 12.8 Å². The molecule has 0 aromatic heterocycles. The first-order valence-corrected chi connectivity index (χ1v) is 42.3. The molecule has 544 valence electrons. The molecule has 0 fully saturated rings. The van der Waals surface area contributed by atoms with Crippen molar-refractivity contribution in [2.45, 2.75) is 488 Å². The number of allylic oxidation sites excluding steroid dienone is 5. The van der Waals surface area contributed by atoms with Gasteiger partial charge in [0.25, 0.3) is 0 Å². The van der Waals surface area contributed by atoms with Crippen LogP contribution in [0.15, 0.2) is 36.5 Å². The Bertz CT molecular complexity index is 1490. The van der Waals surface area contributed by atoms with E-state index in [1.54, 1.807) is 6.08 Å². The molecule has 6 nitrogen and oxygen atoms in total. The second kappa shape index (κ2) is 81.5. The first kappa shape index (κ1) is 90.1. The molecule has 0 spiro atoms. The van der Waals surface area contributed by atoms with Crippen LogP contribution < -0.4 is 5.32 Å². The summed E-state index contributed by atoms with van der Waals surface area (Å²) in [7, 11) is 0. The zero-order valence-electron chi connectivity index (χ0n) is 62.6. The minimum Gasteiger partial charge on any atom is -0.466 e. The van der Waals surface area contributed by atoms with Crippen molar-refractivity contribution in [2.75, 3.05) is 13.2 Å². The molecule has 2 unspecified atom stereocenters. The van der Waals surface area contributed by atoms with Crippen LogP contribution in [-0.2, 0) is 14.3 Å². The average Bonchev–Trinajstić information content (AvgIpc) is 3.76. The number of rotatable bonds is 80. The highest BCUT2D eigenvalue weighted by Gasteiger charge is 2.18. The van der Waals surface area contributed by atoms with E-state index in [4.69, 9.17) is 4.74 Å². The van der Waals surface area contributed by atoms with Crippen LogP contribution in [-0.4, -0.2) is 47.4 Å². The summed E-state index contributed by atoms with van der Waals surface area (Å²) < 4.78 is 5.50. The van der Waals surface area contributed by atoms with Gasteiger partial charge in [0.1, 0.15) is 0 Å². The van der Waals surface area contributed by atoms with Crippen LogP contribution in [0.4, 0.5) is 0 Å². The fourth-order valence-corrected chi connectivity index (χ4v) is 13.5. The predicted molar refractivity (Wildman–Crippen MR) is 407 cm³/mol. The van der Waals surface area contributed by atoms with E-state index in [-0.39, 0.29) is 18.5 Å². The molecular weight excluding hydrogens is 1130 g/mol. The molecule has 0 aliphatic rings. The van der Waals surface area contributed by atoms with Crippen LogP contribution in [0.5, 0.6) is 0 Å². The zero-order valence-corrected chi connectivity index (χ0v) is 62.6. The Kier molecular flexibility index (Phi) is 79.8. The van der Waals surface area contributed by atoms with Crippen LogP contribution in [0, 0.1) is 0 Å². The number of ether oxygens (including phenoxy) is 1. The van der Waals surface area contributed by atoms with Crippen molar-refractivity contribution in [3.63, 3.8) is 0 Å². The first-order chi connectivity index (χ1) is 45.5. The lowest BCUT2D eigenvalue weighted by molar-refractivity contribution is -0.143. The second-order valence-corrected chi connectivity index (χ2v) is 29.2. The van der Waals surface area contributed by atoms with E-state index in [9.17, 15) is 19.8 Å². The van der Waals surface area contributed by atoms with E-state index in [2.05, 4.69) is 43.5 Å². The Morgan fingerprint density at radius 1 is 0.304 bits per heavy atom. The number of nitrogens with one attached hydrogen (secondary N) is 1. The van der Waals surface area contributed by atoms with E-state index in [1.807, 2.05) is 6.08 Å². The summed E-state index contributed by atoms with van der Waals surface area (Å²) >= 11 is 0. The number of hydrogen-bond donors (Lipinski definition) is 3. The highest BCUT2D eigenvalue weighted by molar-refractivity contribution is 5.76. The van der Waals surface area contributed by atoms with E-state index < -0.39 is 12.1 Å². The normalized spacial score (nSPS) is 12.6. The summed E-state index contributed by atoms with van der Waals surface area (Å²) in [5, 5.41) is 23.3. The number of esters is 1. The molecule has 0 saturated carbocycles. The summed E-state index contributed by atoms with van der Waals surface area (Å²) in [6.07, 6.45) is 107. The molecule has 6 heteroatoms. The van der Waals surface area contributed by atoms with Crippen molar-refractivity contribution >= 4 is 11.9 Å². The summed E-state index contributed by atoms with van der Waals surface area (Å²) in [6, 6.07) is -0.624. The molecule has 0 aliphatic heterocycles. The van der Waals surface area contributed by atoms with Gasteiger partial charge in [0.15, 0.2) is 0 Å². The molecule has 2 atom stereocenters. The van der Waals surface area contributed by atoms with Gasteiger partial charge in [-0.1, -0.05) is 436 Å². The van der Waals surface area contributed by atoms with Gasteiger partial charge in [-0.2, -0.15) is 0 Å². The molecule has 0 aromatic carbocycles. The summed E-state index contributed by atoms with van der Waals surface area (Å²) in [4.78, 5) is 24.6. The van der Waals surface area contributed by atoms with Crippen molar-refractivity contribution in [3.05, 3.63) is 36.5 Å². The maximum Gasteiger partial charge on any atom is 0.305 e. The highest BCUT2D eigenvalue weighted by atomic mass is 16.5. The van der Waals surface area contributed by atoms with Crippen LogP contribution in [0.2, 0.25) is 0 Å². The van der Waals surface area contributed by atoms with Crippen molar-refractivity contribution < 1.29 is 24.5 Å². The van der Waals surface area contributed by atoms with Crippen molar-refractivity contribution in [1.82, 2.24) is 5.32 Å². The fraction of sp³-hybridized carbons (Fsp3) is 0.907. The number of aliphatic hydroxyl groups is 2. The second-order valence-electron chi connectivity index (χ2n) is 29.2. The number of aliphatic hydroxyl groups excluding tert-OH is 2. The number of carbonyl (C=O) groups excluding carboxylic acids is 2. The zero-order chi connectivity index (χ0) is 66.3. The van der Waals surface area contributed by atoms with Crippen LogP contribution in [0.25, 0.3) is 0 Å². The molecule has 3 N–H and O–H groups in total. The summed E-state index contributed by atoms with van der Waals surface area (Å²) in [5.74, 6) is -0.0465. The molecule has 0 radical (unpaired) electrons. The molecule has 0 heterocycles. The van der Waals surface area contributed by atoms with Gasteiger partial charge in [0.2, 0.25) is 5.91 Å².